The first kappa shape index (κ1) is 119. The van der Waals surface area contributed by atoms with Crippen LogP contribution in [0.3, 0.4) is 0 Å². The molecule has 0 nitrogen and oxygen atoms in total. The Morgan fingerprint density at radius 1 is 0.177 bits per heavy atom. The second-order valence-electron chi connectivity index (χ2n) is 47.0. The number of benzene rings is 15. The van der Waals surface area contributed by atoms with Crippen LogP contribution in [0.1, 0.15) is 336 Å². The van der Waals surface area contributed by atoms with Gasteiger partial charge in [0.15, 0.2) is 0 Å². The van der Waals surface area contributed by atoms with Gasteiger partial charge in [-0.3, -0.25) is 0 Å². The summed E-state index contributed by atoms with van der Waals surface area (Å²) in [5.74, 6) is 23.9. The van der Waals surface area contributed by atoms with Crippen LogP contribution in [0.2, 0.25) is 103 Å². The summed E-state index contributed by atoms with van der Waals surface area (Å²) >= 11 is 0. The van der Waals surface area contributed by atoms with Crippen LogP contribution in [-0.4, -0.2) is 48.4 Å². The van der Waals surface area contributed by atoms with Crippen LogP contribution in [0, 0.1) is 96.5 Å². The molecule has 15 aromatic rings. The van der Waals surface area contributed by atoms with E-state index in [0.717, 1.165) is 25.7 Å². The molecular weight excluding hydrogens is 1860 g/mol. The molecule has 0 fully saturated rings. The third-order valence-electron chi connectivity index (χ3n) is 36.3. The summed E-state index contributed by atoms with van der Waals surface area (Å²) in [7, 11) is -11.3. The molecule has 0 saturated carbocycles. The van der Waals surface area contributed by atoms with Crippen LogP contribution in [-0.2, 0) is 25.7 Å². The van der Waals surface area contributed by atoms with Crippen molar-refractivity contribution in [1.82, 2.24) is 0 Å². The number of aryl methyl sites for hydroxylation is 8. The molecule has 0 aliphatic carbocycles. The van der Waals surface area contributed by atoms with Crippen molar-refractivity contribution in [2.75, 3.05) is 0 Å². The summed E-state index contributed by atoms with van der Waals surface area (Å²) < 4.78 is 0. The highest BCUT2D eigenvalue weighted by molar-refractivity contribution is 6.92. The van der Waals surface area contributed by atoms with E-state index in [2.05, 4.69) is 502 Å². The van der Waals surface area contributed by atoms with E-state index in [1.807, 2.05) is 0 Å². The molecule has 0 radical (unpaired) electrons. The molecule has 0 saturated heterocycles. The molecule has 0 heterocycles. The van der Waals surface area contributed by atoms with Gasteiger partial charge in [-0.05, 0) is 403 Å². The summed E-state index contributed by atoms with van der Waals surface area (Å²) in [5, 5.41) is 30.5. The van der Waals surface area contributed by atoms with Gasteiger partial charge < -0.3 is 0 Å². The average molecular weight is 2050 g/mol. The van der Waals surface area contributed by atoms with Crippen LogP contribution < -0.4 is 0 Å². The van der Waals surface area contributed by atoms with E-state index >= 15 is 0 Å². The van der Waals surface area contributed by atoms with Crippen molar-refractivity contribution >= 4 is 178 Å². The second kappa shape index (κ2) is 48.6. The van der Waals surface area contributed by atoms with Crippen molar-refractivity contribution in [3.63, 3.8) is 0 Å². The summed E-state index contributed by atoms with van der Waals surface area (Å²) in [5.41, 5.74) is 49.7. The predicted octanol–water partition coefficient (Wildman–Crippen LogP) is 43.4. The maximum atomic E-state index is 4.19. The number of fused-ring (bicyclic) bond motifs is 12. The molecular formula is C141H186Si6. The molecule has 147 heavy (non-hydrogen) atoms. The van der Waals surface area contributed by atoms with Gasteiger partial charge in [-0.25, -0.2) is 0 Å². The Morgan fingerprint density at radius 2 is 0.306 bits per heavy atom. The molecule has 0 atom stereocenters. The van der Waals surface area contributed by atoms with E-state index in [-0.39, 0.29) is 22.3 Å². The lowest BCUT2D eigenvalue weighted by molar-refractivity contribution is 0.838. The molecule has 0 bridgehead atoms. The first-order valence-corrected chi connectivity index (χ1v) is 70.3. The maximum Gasteiger partial charge on any atom is 0.146 e. The lowest BCUT2D eigenvalue weighted by Gasteiger charge is -2.38. The monoisotopic (exact) mass is 2050 g/mol. The van der Waals surface area contributed by atoms with E-state index in [0.29, 0.717) is 66.5 Å². The summed E-state index contributed by atoms with van der Waals surface area (Å²) in [6, 6.07) is 73.3. The first-order chi connectivity index (χ1) is 68.3. The second-order valence-corrected chi connectivity index (χ2v) is 79.2. The topological polar surface area (TPSA) is 0 Å². The third kappa shape index (κ3) is 22.5. The number of rotatable bonds is 22. The van der Waals surface area contributed by atoms with E-state index < -0.39 is 48.4 Å². The molecule has 0 aliphatic heterocycles. The van der Waals surface area contributed by atoms with Gasteiger partial charge in [0.05, 0.1) is 0 Å². The minimum Gasteiger partial charge on any atom is -0.126 e. The van der Waals surface area contributed by atoms with Crippen molar-refractivity contribution < 1.29 is 0 Å². The van der Waals surface area contributed by atoms with Gasteiger partial charge in [0.2, 0.25) is 0 Å². The van der Waals surface area contributed by atoms with Gasteiger partial charge in [-0.15, -0.1) is 33.3 Å². The van der Waals surface area contributed by atoms with Gasteiger partial charge in [-0.1, -0.05) is 390 Å². The molecule has 15 aromatic carbocycles. The van der Waals surface area contributed by atoms with E-state index in [1.54, 1.807) is 0 Å². The Bertz CT molecular complexity index is 6960. The van der Waals surface area contributed by atoms with Gasteiger partial charge in [0.1, 0.15) is 48.4 Å². The summed E-state index contributed by atoms with van der Waals surface area (Å²) in [6.45, 7) is 90.2. The van der Waals surface area contributed by atoms with E-state index in [9.17, 15) is 0 Å². The summed E-state index contributed by atoms with van der Waals surface area (Å²) in [6.07, 6.45) is 4.17. The molecule has 774 valence electrons. The minimum atomic E-state index is -2.02. The zero-order valence-electron chi connectivity index (χ0n) is 96.2. The highest BCUT2D eigenvalue weighted by Crippen LogP contribution is 2.50. The summed E-state index contributed by atoms with van der Waals surface area (Å²) in [4.78, 5) is 0. The standard InChI is InChI=1S/C52H70Si2.C44H54Si2.C42H50Si2.3CH4/c1-17-39-25-43-29-49-47(21-23-53(33(5)6,34(7)8)35(9)10)51-31-45-27-41(19-3)42(20-4)28-46(45)32-52(51)48(50(49)30-44(43)26-40(39)18-2)22-24-54(36(11)12,37(13)14)38(15)16;1-29(2)45(30(3)4,31(5)6)23-21-39-41-25-35-17-13-15-19-37(35)27-43(41)40(22-24-46(32(7)8,33(9)10)34(11)12)44-28-38-20-16-14-18-36(38)26-42(39)44;1-11-43(12-2,13-3)19-17-37-39-25-33-21-29(7)31(9)23-35(33)27-41(39)38(18-20-44(14-4,15-5)16-6)42-28-36-24-32(10)30(8)22-34(36)26-40(37)42;;;/h25-38H,17-20H2,1-16H3;13-20,25-34H,1-12H3;21-28H,11-16H2,1-10H3;3*1H4. The zero-order valence-corrected chi connectivity index (χ0v) is 102. The highest BCUT2D eigenvalue weighted by atomic mass is 28.3. The van der Waals surface area contributed by atoms with Crippen LogP contribution in [0.4, 0.5) is 0 Å². The quantitative estimate of drug-likeness (QED) is 0.0360. The average Bonchev–Trinajstić information content (AvgIpc) is 0.729. The Morgan fingerprint density at radius 3 is 0.435 bits per heavy atom. The molecule has 0 spiro atoms. The maximum absolute atomic E-state index is 4.19. The largest absolute Gasteiger partial charge is 0.146 e. The molecule has 0 unspecified atom stereocenters. The SMILES string of the molecule is C.C.C.CC(C)[Si](C#Cc1c2cc3ccccc3cc2c(C#C[Si](C(C)C)(C(C)C)C(C)C)c2cc3ccccc3cc12)(C(C)C)C(C)C.CC[Si](C#Cc1c2cc3cc(C)c(C)cc3cc2c(C#C[Si](CC)(CC)CC)c2cc3cc(C)c(C)cc3cc12)(CC)CC.CCc1cc2cc3c(C#C[Si](C(C)C)(C(C)C)C(C)C)c4cc5cc(CC)c(CC)cc5cc4c(C#C[Si](C(C)C)(C(C)C)C(C)C)c3cc2cc1CC. The number of hydrogen-bond acceptors (Lipinski definition) is 0. The zero-order chi connectivity index (χ0) is 105. The van der Waals surface area contributed by atoms with Gasteiger partial charge in [-0.2, -0.15) is 0 Å². The van der Waals surface area contributed by atoms with E-state index in [1.165, 1.54) is 243 Å². The first-order valence-electron chi connectivity index (χ1n) is 56.1. The normalized spacial score (nSPS) is 12.3. The molecule has 6 heteroatoms. The van der Waals surface area contributed by atoms with Crippen LogP contribution in [0.15, 0.2) is 170 Å². The minimum absolute atomic E-state index is 0. The van der Waals surface area contributed by atoms with Crippen LogP contribution >= 0.6 is 0 Å². The van der Waals surface area contributed by atoms with Gasteiger partial charge in [0.25, 0.3) is 0 Å². The van der Waals surface area contributed by atoms with Crippen molar-refractivity contribution in [2.24, 2.45) is 0 Å². The highest BCUT2D eigenvalue weighted by Gasteiger charge is 2.46. The Balaban J connectivity index is 0.000000225. The lowest BCUT2D eigenvalue weighted by atomic mass is 9.87. The molecule has 0 aromatic heterocycles. The smallest absolute Gasteiger partial charge is 0.126 e. The number of hydrogen-bond donors (Lipinski definition) is 0. The van der Waals surface area contributed by atoms with Gasteiger partial charge in [0, 0.05) is 33.4 Å². The van der Waals surface area contributed by atoms with Crippen molar-refractivity contribution in [1.29, 1.82) is 0 Å². The van der Waals surface area contributed by atoms with Crippen molar-refractivity contribution in [3.05, 3.63) is 248 Å². The fourth-order valence-corrected chi connectivity index (χ4v) is 52.5. The Kier molecular flexibility index (Phi) is 39.3. The van der Waals surface area contributed by atoms with Crippen LogP contribution in [0.25, 0.3) is 129 Å². The molecule has 15 rings (SSSR count). The Labute approximate surface area is 900 Å². The third-order valence-corrected chi connectivity index (χ3v) is 70.9. The van der Waals surface area contributed by atoms with Crippen LogP contribution in [0.5, 0.6) is 0 Å². The molecule has 0 amide bonds. The fraction of sp³-hybridized carbons (Fsp3) is 0.447. The predicted molar refractivity (Wildman–Crippen MR) is 686 cm³/mol. The molecule has 0 aliphatic rings. The Hall–Kier alpha value is -9.92. The fourth-order valence-electron chi connectivity index (χ4n) is 26.8. The van der Waals surface area contributed by atoms with Gasteiger partial charge >= 0.3 is 0 Å². The lowest BCUT2D eigenvalue weighted by Crippen LogP contribution is -2.43. The van der Waals surface area contributed by atoms with E-state index in [4.69, 9.17) is 0 Å². The van der Waals surface area contributed by atoms with Crippen molar-refractivity contribution in [2.45, 2.75) is 414 Å². The van der Waals surface area contributed by atoms with Crippen molar-refractivity contribution in [3.8, 4) is 68.8 Å². The molecule has 0 N–H and O–H groups in total.